The lowest BCUT2D eigenvalue weighted by molar-refractivity contribution is -0.115. The van der Waals surface area contributed by atoms with Crippen LogP contribution in [-0.2, 0) is 14.8 Å². The van der Waals surface area contributed by atoms with Crippen LogP contribution >= 0.6 is 22.9 Å². The predicted octanol–water partition coefficient (Wildman–Crippen LogP) is 5.02. The van der Waals surface area contributed by atoms with E-state index >= 15 is 0 Å². The van der Waals surface area contributed by atoms with Gasteiger partial charge in [-0.3, -0.25) is 9.52 Å². The van der Waals surface area contributed by atoms with E-state index in [1.165, 1.54) is 6.07 Å². The molecule has 0 bridgehead atoms. The van der Waals surface area contributed by atoms with Gasteiger partial charge >= 0.3 is 0 Å². The van der Waals surface area contributed by atoms with Crippen LogP contribution in [0.5, 0.6) is 0 Å². The van der Waals surface area contributed by atoms with Gasteiger partial charge in [-0.25, -0.2) is 8.42 Å². The second-order valence-electron chi connectivity index (χ2n) is 6.01. The molecule has 2 aromatic heterocycles. The highest BCUT2D eigenvalue weighted by atomic mass is 35.5. The number of sulfonamides is 1. The molecule has 0 radical (unpaired) electrons. The smallest absolute Gasteiger partial charge is 0.271 e. The Balaban J connectivity index is 1.76. The molecule has 0 unspecified atom stereocenters. The molecule has 0 atom stereocenters. The number of hydrogen-bond acceptors (Lipinski definition) is 6. The zero-order valence-corrected chi connectivity index (χ0v) is 18.0. The van der Waals surface area contributed by atoms with Gasteiger partial charge in [0.25, 0.3) is 10.0 Å². The highest BCUT2D eigenvalue weighted by molar-refractivity contribution is 7.94. The van der Waals surface area contributed by atoms with E-state index in [1.54, 1.807) is 56.3 Å². The van der Waals surface area contributed by atoms with Crippen molar-refractivity contribution >= 4 is 62.4 Å². The summed E-state index contributed by atoms with van der Waals surface area (Å²) in [5.41, 5.74) is 1.49. The zero-order chi connectivity index (χ0) is 21.0. The third-order valence-electron chi connectivity index (χ3n) is 3.84. The van der Waals surface area contributed by atoms with Crippen molar-refractivity contribution < 1.29 is 17.7 Å². The minimum Gasteiger partial charge on any atom is -0.354 e. The van der Waals surface area contributed by atoms with E-state index < -0.39 is 10.0 Å². The Kier molecular flexibility index (Phi) is 6.41. The van der Waals surface area contributed by atoms with Crippen LogP contribution < -0.4 is 10.0 Å². The molecule has 3 aromatic rings. The maximum absolute atomic E-state index is 12.6. The average molecular weight is 452 g/mol. The lowest BCUT2D eigenvalue weighted by Gasteiger charge is -2.05. The zero-order valence-electron chi connectivity index (χ0n) is 15.6. The summed E-state index contributed by atoms with van der Waals surface area (Å²) in [5.74, 6) is 0.241. The van der Waals surface area contributed by atoms with Gasteiger partial charge in [-0.2, -0.15) is 0 Å². The van der Waals surface area contributed by atoms with Crippen LogP contribution in [0, 0.1) is 6.92 Å². The maximum atomic E-state index is 12.6. The molecule has 0 saturated heterocycles. The van der Waals surface area contributed by atoms with Crippen LogP contribution in [-0.4, -0.2) is 19.5 Å². The summed E-state index contributed by atoms with van der Waals surface area (Å²) in [6.07, 6.45) is 3.67. The summed E-state index contributed by atoms with van der Waals surface area (Å²) in [6.45, 7) is 3.48. The van der Waals surface area contributed by atoms with Crippen molar-refractivity contribution in [3.05, 3.63) is 57.8 Å². The summed E-state index contributed by atoms with van der Waals surface area (Å²) >= 11 is 6.92. The fourth-order valence-electron chi connectivity index (χ4n) is 2.33. The lowest BCUT2D eigenvalue weighted by Crippen LogP contribution is -2.11. The first kappa shape index (κ1) is 21.1. The molecule has 0 aliphatic heterocycles. The average Bonchev–Trinajstić information content (AvgIpc) is 3.30. The number of thiophene rings is 1. The first-order valence-electron chi connectivity index (χ1n) is 8.61. The van der Waals surface area contributed by atoms with Gasteiger partial charge in [0.2, 0.25) is 5.91 Å². The molecular weight excluding hydrogens is 434 g/mol. The third kappa shape index (κ3) is 5.26. The SMILES string of the molecule is CCC(=O)Nc1c(C)noc1C=Cc1ccc(S(=O)(=O)Nc2ccc(Cl)cc2)s1. The molecule has 0 spiro atoms. The molecule has 0 fully saturated rings. The van der Waals surface area contributed by atoms with Gasteiger partial charge in [-0.1, -0.05) is 23.7 Å². The van der Waals surface area contributed by atoms with Crippen molar-refractivity contribution in [3.63, 3.8) is 0 Å². The Morgan fingerprint density at radius 2 is 1.93 bits per heavy atom. The van der Waals surface area contributed by atoms with Gasteiger partial charge < -0.3 is 9.84 Å². The maximum Gasteiger partial charge on any atom is 0.271 e. The van der Waals surface area contributed by atoms with Gasteiger partial charge in [-0.05, 0) is 55.5 Å². The van der Waals surface area contributed by atoms with Crippen molar-refractivity contribution in [1.29, 1.82) is 0 Å². The molecule has 1 amide bonds. The highest BCUT2D eigenvalue weighted by Crippen LogP contribution is 2.28. The summed E-state index contributed by atoms with van der Waals surface area (Å²) < 4.78 is 33.0. The third-order valence-corrected chi connectivity index (χ3v) is 7.01. The van der Waals surface area contributed by atoms with Crippen LogP contribution in [0.2, 0.25) is 5.02 Å². The van der Waals surface area contributed by atoms with Crippen LogP contribution in [0.3, 0.4) is 0 Å². The molecule has 0 aliphatic rings. The predicted molar refractivity (Wildman–Crippen MR) is 116 cm³/mol. The van der Waals surface area contributed by atoms with E-state index in [9.17, 15) is 13.2 Å². The molecule has 0 saturated carbocycles. The molecule has 0 aliphatic carbocycles. The monoisotopic (exact) mass is 451 g/mol. The number of hydrogen-bond donors (Lipinski definition) is 2. The van der Waals surface area contributed by atoms with E-state index in [4.69, 9.17) is 16.1 Å². The molecule has 152 valence electrons. The number of carbonyl (C=O) groups is 1. The van der Waals surface area contributed by atoms with Gasteiger partial charge in [0.05, 0.1) is 0 Å². The van der Waals surface area contributed by atoms with Crippen molar-refractivity contribution in [1.82, 2.24) is 5.16 Å². The Labute approximate surface area is 177 Å². The van der Waals surface area contributed by atoms with Gasteiger partial charge in [0.1, 0.15) is 15.6 Å². The Morgan fingerprint density at radius 1 is 1.21 bits per heavy atom. The number of aryl methyl sites for hydroxylation is 1. The van der Waals surface area contributed by atoms with Gasteiger partial charge in [-0.15, -0.1) is 11.3 Å². The summed E-state index contributed by atoms with van der Waals surface area (Å²) in [7, 11) is -3.71. The fourth-order valence-corrected chi connectivity index (χ4v) is 4.74. The molecule has 1 aromatic carbocycles. The first-order valence-corrected chi connectivity index (χ1v) is 11.3. The Hall–Kier alpha value is -2.62. The highest BCUT2D eigenvalue weighted by Gasteiger charge is 2.17. The van der Waals surface area contributed by atoms with Crippen LogP contribution in [0.1, 0.15) is 29.7 Å². The van der Waals surface area contributed by atoms with E-state index in [0.717, 1.165) is 11.3 Å². The standard InChI is InChI=1S/C19H18ClN3O4S2/c1-3-17(24)21-19-12(2)22-27-16(19)10-8-15-9-11-18(28-15)29(25,26)23-14-6-4-13(20)5-7-14/h4-11,23H,3H2,1-2H3,(H,21,24). The van der Waals surface area contributed by atoms with E-state index in [0.29, 0.717) is 39.1 Å². The second-order valence-corrected chi connectivity index (χ2v) is 9.47. The van der Waals surface area contributed by atoms with E-state index in [1.807, 2.05) is 0 Å². The minimum atomic E-state index is -3.71. The molecule has 2 N–H and O–H groups in total. The summed E-state index contributed by atoms with van der Waals surface area (Å²) in [4.78, 5) is 12.4. The number of anilines is 2. The van der Waals surface area contributed by atoms with Gasteiger partial charge in [0.15, 0.2) is 5.76 Å². The van der Waals surface area contributed by atoms with E-state index in [2.05, 4.69) is 15.2 Å². The quantitative estimate of drug-likeness (QED) is 0.525. The summed E-state index contributed by atoms with van der Waals surface area (Å²) in [5, 5.41) is 7.13. The van der Waals surface area contributed by atoms with Crippen LogP contribution in [0.4, 0.5) is 11.4 Å². The summed E-state index contributed by atoms with van der Waals surface area (Å²) in [6, 6.07) is 9.60. The van der Waals surface area contributed by atoms with Crippen LogP contribution in [0.25, 0.3) is 12.2 Å². The van der Waals surface area contributed by atoms with Crippen LogP contribution in [0.15, 0.2) is 45.1 Å². The number of amides is 1. The van der Waals surface area contributed by atoms with Crippen molar-refractivity contribution in [2.45, 2.75) is 24.5 Å². The number of nitrogens with zero attached hydrogens (tertiary/aromatic N) is 1. The van der Waals surface area contributed by atoms with Crippen molar-refractivity contribution in [3.8, 4) is 0 Å². The number of nitrogens with one attached hydrogen (secondary N) is 2. The molecular formula is C19H18ClN3O4S2. The van der Waals surface area contributed by atoms with Gasteiger partial charge in [0, 0.05) is 22.0 Å². The van der Waals surface area contributed by atoms with Crippen molar-refractivity contribution in [2.24, 2.45) is 0 Å². The second kappa shape index (κ2) is 8.81. The Bertz CT molecular complexity index is 1150. The fraction of sp³-hybridized carbons (Fsp3) is 0.158. The lowest BCUT2D eigenvalue weighted by atomic mass is 10.2. The number of rotatable bonds is 7. The topological polar surface area (TPSA) is 101 Å². The minimum absolute atomic E-state index is 0.149. The number of carbonyl (C=O) groups excluding carboxylic acids is 1. The number of benzene rings is 1. The molecule has 3 rings (SSSR count). The Morgan fingerprint density at radius 3 is 2.62 bits per heavy atom. The van der Waals surface area contributed by atoms with E-state index in [-0.39, 0.29) is 10.1 Å². The normalized spacial score (nSPS) is 11.7. The largest absolute Gasteiger partial charge is 0.354 e. The van der Waals surface area contributed by atoms with Crippen molar-refractivity contribution in [2.75, 3.05) is 10.0 Å². The first-order chi connectivity index (χ1) is 13.8. The molecule has 7 nitrogen and oxygen atoms in total. The molecule has 2 heterocycles. The number of aromatic nitrogens is 1. The molecule has 10 heteroatoms. The molecule has 29 heavy (non-hydrogen) atoms. The number of halogens is 1.